The normalized spacial score (nSPS) is 16.9. The highest BCUT2D eigenvalue weighted by Gasteiger charge is 2.30. The van der Waals surface area contributed by atoms with E-state index >= 15 is 0 Å². The maximum atomic E-state index is 10.3. The number of halogens is 1. The van der Waals surface area contributed by atoms with Gasteiger partial charge in [0.15, 0.2) is 5.96 Å². The fourth-order valence-electron chi connectivity index (χ4n) is 2.61. The van der Waals surface area contributed by atoms with E-state index in [4.69, 9.17) is 0 Å². The number of aliphatic imine (C=N–C) groups is 1. The van der Waals surface area contributed by atoms with Gasteiger partial charge in [-0.1, -0.05) is 18.9 Å². The van der Waals surface area contributed by atoms with E-state index in [1.54, 1.807) is 0 Å². The van der Waals surface area contributed by atoms with Gasteiger partial charge < -0.3 is 15.7 Å². The third-order valence-corrected chi connectivity index (χ3v) is 3.81. The smallest absolute Gasteiger partial charge is 0.191 e. The average Bonchev–Trinajstić information content (AvgIpc) is 2.93. The van der Waals surface area contributed by atoms with Gasteiger partial charge in [0.1, 0.15) is 0 Å². The number of nitrogens with one attached hydrogen (secondary N) is 2. The van der Waals surface area contributed by atoms with Crippen LogP contribution < -0.4 is 10.6 Å². The lowest BCUT2D eigenvalue weighted by Crippen LogP contribution is -2.40. The molecule has 2 rings (SSSR count). The fourth-order valence-corrected chi connectivity index (χ4v) is 2.61. The van der Waals surface area contributed by atoms with E-state index < -0.39 is 5.60 Å². The first-order chi connectivity index (χ1) is 10.2. The summed E-state index contributed by atoms with van der Waals surface area (Å²) in [6.45, 7) is 4.11. The summed E-state index contributed by atoms with van der Waals surface area (Å²) in [7, 11) is 0. The standard InChI is InChI=1S/C16H26N4O.HI/c1-2-17-15(20-13-16(21)9-4-5-10-16)19-12-8-14-7-3-6-11-18-14;/h3,6-7,11,21H,2,4-5,8-10,12-13H2,1H3,(H2,17,19,20);1H. The molecule has 1 saturated carbocycles. The van der Waals surface area contributed by atoms with Crippen molar-refractivity contribution in [2.24, 2.45) is 4.99 Å². The summed E-state index contributed by atoms with van der Waals surface area (Å²) in [5.41, 5.74) is 0.471. The molecular formula is C16H27IN4O. The SMILES string of the molecule is CCNC(=NCC1(O)CCCC1)NCCc1ccccn1.I. The summed E-state index contributed by atoms with van der Waals surface area (Å²) in [4.78, 5) is 8.82. The Labute approximate surface area is 150 Å². The zero-order valence-electron chi connectivity index (χ0n) is 13.2. The molecule has 0 aliphatic heterocycles. The van der Waals surface area contributed by atoms with Crippen molar-refractivity contribution < 1.29 is 5.11 Å². The lowest BCUT2D eigenvalue weighted by Gasteiger charge is -2.20. The minimum Gasteiger partial charge on any atom is -0.388 e. The molecule has 1 aromatic heterocycles. The van der Waals surface area contributed by atoms with E-state index in [0.717, 1.165) is 56.8 Å². The molecule has 1 aliphatic carbocycles. The van der Waals surface area contributed by atoms with Crippen molar-refractivity contribution >= 4 is 29.9 Å². The lowest BCUT2D eigenvalue weighted by atomic mass is 10.0. The van der Waals surface area contributed by atoms with Gasteiger partial charge in [-0.25, -0.2) is 0 Å². The number of aromatic nitrogens is 1. The molecular weight excluding hydrogens is 391 g/mol. The van der Waals surface area contributed by atoms with Crippen LogP contribution >= 0.6 is 24.0 Å². The molecule has 22 heavy (non-hydrogen) atoms. The minimum atomic E-state index is -0.594. The van der Waals surface area contributed by atoms with Gasteiger partial charge in [-0.3, -0.25) is 9.98 Å². The quantitative estimate of drug-likeness (QED) is 0.376. The van der Waals surface area contributed by atoms with Gasteiger partial charge in [0, 0.05) is 31.4 Å². The third-order valence-electron chi connectivity index (χ3n) is 3.81. The van der Waals surface area contributed by atoms with Crippen LogP contribution in [0.25, 0.3) is 0 Å². The number of aliphatic hydroxyl groups is 1. The van der Waals surface area contributed by atoms with E-state index in [-0.39, 0.29) is 24.0 Å². The van der Waals surface area contributed by atoms with Gasteiger partial charge in [0.05, 0.1) is 12.1 Å². The number of nitrogens with zero attached hydrogens (tertiary/aromatic N) is 2. The van der Waals surface area contributed by atoms with Crippen LogP contribution in [0.3, 0.4) is 0 Å². The van der Waals surface area contributed by atoms with Crippen LogP contribution in [0.2, 0.25) is 0 Å². The second kappa shape index (κ2) is 9.99. The van der Waals surface area contributed by atoms with E-state index in [9.17, 15) is 5.11 Å². The predicted octanol–water partition coefficient (Wildman–Crippen LogP) is 2.10. The molecule has 1 heterocycles. The molecule has 0 aromatic carbocycles. The molecule has 5 nitrogen and oxygen atoms in total. The highest BCUT2D eigenvalue weighted by Crippen LogP contribution is 2.29. The summed E-state index contributed by atoms with van der Waals surface area (Å²) in [5.74, 6) is 0.772. The lowest BCUT2D eigenvalue weighted by molar-refractivity contribution is 0.0574. The Morgan fingerprint density at radius 2 is 2.09 bits per heavy atom. The molecule has 6 heteroatoms. The molecule has 1 fully saturated rings. The largest absolute Gasteiger partial charge is 0.388 e. The van der Waals surface area contributed by atoms with Gasteiger partial charge in [0.25, 0.3) is 0 Å². The van der Waals surface area contributed by atoms with E-state index in [0.29, 0.717) is 6.54 Å². The van der Waals surface area contributed by atoms with Crippen molar-refractivity contribution in [3.05, 3.63) is 30.1 Å². The average molecular weight is 418 g/mol. The molecule has 0 radical (unpaired) electrons. The predicted molar refractivity (Wildman–Crippen MR) is 101 cm³/mol. The molecule has 0 amide bonds. The number of rotatable bonds is 6. The Morgan fingerprint density at radius 3 is 2.73 bits per heavy atom. The number of hydrogen-bond donors (Lipinski definition) is 3. The molecule has 0 bridgehead atoms. The molecule has 0 spiro atoms. The molecule has 0 saturated heterocycles. The van der Waals surface area contributed by atoms with Crippen molar-refractivity contribution in [2.45, 2.75) is 44.6 Å². The number of hydrogen-bond acceptors (Lipinski definition) is 3. The summed E-state index contributed by atoms with van der Waals surface area (Å²) in [6.07, 6.45) is 6.61. The van der Waals surface area contributed by atoms with Gasteiger partial charge >= 0.3 is 0 Å². The maximum Gasteiger partial charge on any atom is 0.191 e. The van der Waals surface area contributed by atoms with E-state index in [2.05, 4.69) is 20.6 Å². The van der Waals surface area contributed by atoms with Crippen LogP contribution in [0.15, 0.2) is 29.4 Å². The first kappa shape index (κ1) is 19.2. The van der Waals surface area contributed by atoms with Crippen LogP contribution in [0.5, 0.6) is 0 Å². The van der Waals surface area contributed by atoms with E-state index in [1.165, 1.54) is 0 Å². The number of guanidine groups is 1. The van der Waals surface area contributed by atoms with Crippen LogP contribution in [0.4, 0.5) is 0 Å². The Kier molecular flexibility index (Phi) is 8.70. The second-order valence-corrected chi connectivity index (χ2v) is 5.62. The van der Waals surface area contributed by atoms with Crippen LogP contribution in [0.1, 0.15) is 38.3 Å². The second-order valence-electron chi connectivity index (χ2n) is 5.62. The molecule has 1 aliphatic rings. The first-order valence-corrected chi connectivity index (χ1v) is 7.86. The number of pyridine rings is 1. The summed E-state index contributed by atoms with van der Waals surface area (Å²) in [5, 5.41) is 16.9. The van der Waals surface area contributed by atoms with Crippen molar-refractivity contribution in [1.29, 1.82) is 0 Å². The first-order valence-electron chi connectivity index (χ1n) is 7.86. The zero-order valence-corrected chi connectivity index (χ0v) is 15.5. The highest BCUT2D eigenvalue weighted by molar-refractivity contribution is 14.0. The Hall–Kier alpha value is -0.890. The van der Waals surface area contributed by atoms with Crippen LogP contribution in [-0.4, -0.2) is 41.3 Å². The van der Waals surface area contributed by atoms with E-state index in [1.807, 2.05) is 31.3 Å². The van der Waals surface area contributed by atoms with Crippen molar-refractivity contribution in [1.82, 2.24) is 15.6 Å². The van der Waals surface area contributed by atoms with Gasteiger partial charge in [-0.2, -0.15) is 0 Å². The molecule has 1 aromatic rings. The summed E-state index contributed by atoms with van der Waals surface area (Å²) >= 11 is 0. The summed E-state index contributed by atoms with van der Waals surface area (Å²) < 4.78 is 0. The monoisotopic (exact) mass is 418 g/mol. The summed E-state index contributed by atoms with van der Waals surface area (Å²) in [6, 6.07) is 5.94. The fraction of sp³-hybridized carbons (Fsp3) is 0.625. The molecule has 0 unspecified atom stereocenters. The van der Waals surface area contributed by atoms with Gasteiger partial charge in [-0.15, -0.1) is 24.0 Å². The Bertz CT molecular complexity index is 447. The van der Waals surface area contributed by atoms with Crippen molar-refractivity contribution in [2.75, 3.05) is 19.6 Å². The van der Waals surface area contributed by atoms with Gasteiger partial charge in [-0.05, 0) is 31.9 Å². The van der Waals surface area contributed by atoms with Crippen molar-refractivity contribution in [3.63, 3.8) is 0 Å². The minimum absolute atomic E-state index is 0. The Morgan fingerprint density at radius 1 is 1.32 bits per heavy atom. The van der Waals surface area contributed by atoms with Gasteiger partial charge in [0.2, 0.25) is 0 Å². The molecule has 3 N–H and O–H groups in total. The molecule has 124 valence electrons. The highest BCUT2D eigenvalue weighted by atomic mass is 127. The molecule has 0 atom stereocenters. The zero-order chi connectivity index (χ0) is 15.0. The Balaban J connectivity index is 0.00000242. The maximum absolute atomic E-state index is 10.3. The topological polar surface area (TPSA) is 69.5 Å². The van der Waals surface area contributed by atoms with Crippen molar-refractivity contribution in [3.8, 4) is 0 Å². The third kappa shape index (κ3) is 6.48. The van der Waals surface area contributed by atoms with Crippen LogP contribution in [0, 0.1) is 0 Å². The van der Waals surface area contributed by atoms with Crippen LogP contribution in [-0.2, 0) is 6.42 Å².